The van der Waals surface area contributed by atoms with Gasteiger partial charge in [-0.2, -0.15) is 0 Å². The maximum Gasteiger partial charge on any atom is 0.303 e. The Morgan fingerprint density at radius 2 is 2.14 bits per heavy atom. The lowest BCUT2D eigenvalue weighted by Gasteiger charge is -2.17. The van der Waals surface area contributed by atoms with Crippen molar-refractivity contribution in [1.29, 1.82) is 0 Å². The molecular formula is C15H23N3O3. The summed E-state index contributed by atoms with van der Waals surface area (Å²) in [5.41, 5.74) is 6.63. The number of aliphatic carboxylic acids is 1. The first-order valence-electron chi connectivity index (χ1n) is 7.07. The Hall–Kier alpha value is -1.95. The summed E-state index contributed by atoms with van der Waals surface area (Å²) in [5.74, 6) is -0.756. The maximum absolute atomic E-state index is 12.1. The average molecular weight is 293 g/mol. The number of carbonyl (C=O) groups excluding carboxylic acids is 1. The number of hydrogen-bond acceptors (Lipinski definition) is 4. The Labute approximate surface area is 124 Å². The number of nitrogens with zero attached hydrogens (tertiary/aromatic N) is 1. The zero-order valence-electron chi connectivity index (χ0n) is 12.5. The fourth-order valence-electron chi connectivity index (χ4n) is 2.22. The van der Waals surface area contributed by atoms with Crippen molar-refractivity contribution in [2.24, 2.45) is 17.6 Å². The summed E-state index contributed by atoms with van der Waals surface area (Å²) in [6.07, 6.45) is 2.36. The highest BCUT2D eigenvalue weighted by Crippen LogP contribution is 2.15. The van der Waals surface area contributed by atoms with Crippen molar-refractivity contribution in [2.45, 2.75) is 33.2 Å². The Kier molecular flexibility index (Phi) is 6.81. The molecule has 0 saturated carbocycles. The summed E-state index contributed by atoms with van der Waals surface area (Å²) in [6.45, 7) is 4.69. The van der Waals surface area contributed by atoms with E-state index < -0.39 is 5.97 Å². The Balaban J connectivity index is 2.61. The minimum Gasteiger partial charge on any atom is -0.481 e. The van der Waals surface area contributed by atoms with Crippen molar-refractivity contribution >= 4 is 11.9 Å². The first-order valence-corrected chi connectivity index (χ1v) is 7.07. The lowest BCUT2D eigenvalue weighted by Crippen LogP contribution is -2.31. The van der Waals surface area contributed by atoms with Crippen LogP contribution in [0.25, 0.3) is 0 Å². The van der Waals surface area contributed by atoms with Crippen LogP contribution in [0.15, 0.2) is 18.3 Å². The van der Waals surface area contributed by atoms with E-state index >= 15 is 0 Å². The van der Waals surface area contributed by atoms with Gasteiger partial charge in [0.05, 0.1) is 5.69 Å². The number of amides is 1. The predicted molar refractivity (Wildman–Crippen MR) is 79.7 cm³/mol. The number of carboxylic acids is 1. The second-order valence-corrected chi connectivity index (χ2v) is 5.54. The van der Waals surface area contributed by atoms with Gasteiger partial charge in [-0.05, 0) is 30.4 Å². The van der Waals surface area contributed by atoms with E-state index in [1.165, 1.54) is 0 Å². The molecule has 0 aliphatic rings. The number of carbonyl (C=O) groups is 2. The molecule has 0 bridgehead atoms. The van der Waals surface area contributed by atoms with Crippen LogP contribution >= 0.6 is 0 Å². The fourth-order valence-corrected chi connectivity index (χ4v) is 2.22. The third-order valence-corrected chi connectivity index (χ3v) is 3.11. The van der Waals surface area contributed by atoms with Crippen molar-refractivity contribution in [2.75, 3.05) is 6.54 Å². The van der Waals surface area contributed by atoms with Crippen LogP contribution in [-0.2, 0) is 11.3 Å². The molecule has 1 rings (SSSR count). The molecule has 4 N–H and O–H groups in total. The molecule has 1 unspecified atom stereocenters. The second-order valence-electron chi connectivity index (χ2n) is 5.54. The highest BCUT2D eigenvalue weighted by molar-refractivity contribution is 5.94. The minimum atomic E-state index is -0.843. The summed E-state index contributed by atoms with van der Waals surface area (Å²) in [7, 11) is 0. The van der Waals surface area contributed by atoms with Crippen LogP contribution < -0.4 is 11.1 Å². The molecular weight excluding hydrogens is 270 g/mol. The topological polar surface area (TPSA) is 105 Å². The average Bonchev–Trinajstić information content (AvgIpc) is 2.43. The van der Waals surface area contributed by atoms with Crippen molar-refractivity contribution in [3.05, 3.63) is 29.6 Å². The van der Waals surface area contributed by atoms with Crippen molar-refractivity contribution in [1.82, 2.24) is 10.3 Å². The SMILES string of the molecule is CC(C)CC(CNC(=O)c1ccnc(CN)c1)CC(=O)O. The number of nitrogens with one attached hydrogen (secondary N) is 1. The van der Waals surface area contributed by atoms with Crippen molar-refractivity contribution < 1.29 is 14.7 Å². The van der Waals surface area contributed by atoms with Gasteiger partial charge in [0.25, 0.3) is 5.91 Å². The predicted octanol–water partition coefficient (Wildman–Crippen LogP) is 1.41. The lowest BCUT2D eigenvalue weighted by molar-refractivity contribution is -0.138. The smallest absolute Gasteiger partial charge is 0.303 e. The first kappa shape index (κ1) is 17.1. The number of aromatic nitrogens is 1. The Bertz CT molecular complexity index is 489. The Morgan fingerprint density at radius 3 is 2.71 bits per heavy atom. The molecule has 1 atom stereocenters. The molecule has 6 nitrogen and oxygen atoms in total. The summed E-state index contributed by atoms with van der Waals surface area (Å²) in [6, 6.07) is 3.26. The van der Waals surface area contributed by atoms with Gasteiger partial charge < -0.3 is 16.2 Å². The minimum absolute atomic E-state index is 0.0584. The van der Waals surface area contributed by atoms with Crippen LogP contribution in [0.4, 0.5) is 0 Å². The van der Waals surface area contributed by atoms with Gasteiger partial charge in [-0.3, -0.25) is 14.6 Å². The molecule has 0 saturated heterocycles. The molecule has 0 aliphatic carbocycles. The summed E-state index contributed by atoms with van der Waals surface area (Å²) in [5, 5.41) is 11.7. The molecule has 1 amide bonds. The molecule has 21 heavy (non-hydrogen) atoms. The molecule has 1 aromatic heterocycles. The molecule has 0 fully saturated rings. The maximum atomic E-state index is 12.1. The monoisotopic (exact) mass is 293 g/mol. The van der Waals surface area contributed by atoms with Gasteiger partial charge in [-0.1, -0.05) is 13.8 Å². The van der Waals surface area contributed by atoms with E-state index in [2.05, 4.69) is 10.3 Å². The van der Waals surface area contributed by atoms with E-state index in [1.54, 1.807) is 18.3 Å². The molecule has 116 valence electrons. The highest BCUT2D eigenvalue weighted by atomic mass is 16.4. The van der Waals surface area contributed by atoms with E-state index in [0.717, 1.165) is 6.42 Å². The normalized spacial score (nSPS) is 12.2. The van der Waals surface area contributed by atoms with Gasteiger partial charge in [0, 0.05) is 31.3 Å². The second kappa shape index (κ2) is 8.36. The summed E-state index contributed by atoms with van der Waals surface area (Å²) < 4.78 is 0. The van der Waals surface area contributed by atoms with Gasteiger partial charge in [0.15, 0.2) is 0 Å². The molecule has 1 heterocycles. The van der Waals surface area contributed by atoms with E-state index in [9.17, 15) is 9.59 Å². The number of nitrogens with two attached hydrogens (primary N) is 1. The van der Waals surface area contributed by atoms with Gasteiger partial charge in [0.1, 0.15) is 0 Å². The molecule has 6 heteroatoms. The van der Waals surface area contributed by atoms with E-state index in [-0.39, 0.29) is 24.8 Å². The van der Waals surface area contributed by atoms with Crippen LogP contribution in [0, 0.1) is 11.8 Å². The largest absolute Gasteiger partial charge is 0.481 e. The molecule has 0 radical (unpaired) electrons. The Morgan fingerprint density at radius 1 is 1.43 bits per heavy atom. The van der Waals surface area contributed by atoms with Gasteiger partial charge in [-0.25, -0.2) is 0 Å². The molecule has 0 spiro atoms. The van der Waals surface area contributed by atoms with Crippen LogP contribution in [0.1, 0.15) is 42.7 Å². The number of pyridine rings is 1. The third kappa shape index (κ3) is 6.35. The summed E-state index contributed by atoms with van der Waals surface area (Å²) in [4.78, 5) is 26.9. The zero-order valence-corrected chi connectivity index (χ0v) is 12.5. The zero-order chi connectivity index (χ0) is 15.8. The number of carboxylic acid groups (broad SMARTS) is 1. The molecule has 1 aromatic rings. The highest BCUT2D eigenvalue weighted by Gasteiger charge is 2.16. The molecule has 0 aromatic carbocycles. The summed E-state index contributed by atoms with van der Waals surface area (Å²) >= 11 is 0. The standard InChI is InChI=1S/C15H23N3O3/c1-10(2)5-11(6-14(19)20)9-18-15(21)12-3-4-17-13(7-12)8-16/h3-4,7,10-11H,5-6,8-9,16H2,1-2H3,(H,18,21)(H,19,20). The fraction of sp³-hybridized carbons (Fsp3) is 0.533. The van der Waals surface area contributed by atoms with Crippen LogP contribution in [-0.4, -0.2) is 28.5 Å². The van der Waals surface area contributed by atoms with E-state index in [4.69, 9.17) is 10.8 Å². The van der Waals surface area contributed by atoms with Gasteiger partial charge >= 0.3 is 5.97 Å². The van der Waals surface area contributed by atoms with Gasteiger partial charge in [0.2, 0.25) is 0 Å². The quantitative estimate of drug-likeness (QED) is 0.672. The van der Waals surface area contributed by atoms with E-state index in [0.29, 0.717) is 23.7 Å². The van der Waals surface area contributed by atoms with Crippen LogP contribution in [0.3, 0.4) is 0 Å². The molecule has 0 aliphatic heterocycles. The third-order valence-electron chi connectivity index (χ3n) is 3.11. The van der Waals surface area contributed by atoms with Crippen LogP contribution in [0.2, 0.25) is 0 Å². The van der Waals surface area contributed by atoms with Crippen LogP contribution in [0.5, 0.6) is 0 Å². The first-order chi connectivity index (χ1) is 9.92. The lowest BCUT2D eigenvalue weighted by atomic mass is 9.94. The number of rotatable bonds is 8. The van der Waals surface area contributed by atoms with Gasteiger partial charge in [-0.15, -0.1) is 0 Å². The number of hydrogen-bond donors (Lipinski definition) is 3. The van der Waals surface area contributed by atoms with E-state index in [1.807, 2.05) is 13.8 Å². The van der Waals surface area contributed by atoms with Crippen molar-refractivity contribution in [3.63, 3.8) is 0 Å². The van der Waals surface area contributed by atoms with Crippen molar-refractivity contribution in [3.8, 4) is 0 Å².